The summed E-state index contributed by atoms with van der Waals surface area (Å²) in [5.41, 5.74) is 0.138. The molecule has 2 rings (SSSR count). The molecule has 1 fully saturated rings. The summed E-state index contributed by atoms with van der Waals surface area (Å²) in [5.74, 6) is -0.136. The van der Waals surface area contributed by atoms with Gasteiger partial charge in [0.25, 0.3) is 0 Å². The molecule has 0 atom stereocenters. The number of nitro benzene ring substituents is 1. The van der Waals surface area contributed by atoms with Crippen molar-refractivity contribution in [3.63, 3.8) is 0 Å². The fraction of sp³-hybridized carbons (Fsp3) is 0.455. The van der Waals surface area contributed by atoms with E-state index >= 15 is 0 Å². The molecule has 1 aliphatic carbocycles. The van der Waals surface area contributed by atoms with E-state index in [4.69, 9.17) is 0 Å². The smallest absolute Gasteiger partial charge is 0.306 e. The highest BCUT2D eigenvalue weighted by atomic mass is 19.1. The lowest BCUT2D eigenvalue weighted by molar-refractivity contribution is -0.387. The van der Waals surface area contributed by atoms with Crippen LogP contribution in [0.4, 0.5) is 15.8 Å². The average Bonchev–Trinajstić information content (AvgIpc) is 2.17. The fourth-order valence-corrected chi connectivity index (χ4v) is 1.72. The van der Waals surface area contributed by atoms with Crippen molar-refractivity contribution in [3.8, 4) is 0 Å². The van der Waals surface area contributed by atoms with Crippen molar-refractivity contribution in [2.24, 2.45) is 5.92 Å². The Hall–Kier alpha value is -1.65. The summed E-state index contributed by atoms with van der Waals surface area (Å²) in [5, 5.41) is 13.6. The number of anilines is 1. The quantitative estimate of drug-likeness (QED) is 0.631. The van der Waals surface area contributed by atoms with E-state index in [-0.39, 0.29) is 0 Å². The number of benzene rings is 1. The zero-order chi connectivity index (χ0) is 11.5. The second-order valence-corrected chi connectivity index (χ2v) is 4.10. The minimum atomic E-state index is -0.792. The van der Waals surface area contributed by atoms with Gasteiger partial charge in [0.05, 0.1) is 4.92 Å². The SMILES string of the molecule is O=[N+]([O-])c1cc(NCC2CCC2)ccc1F. The van der Waals surface area contributed by atoms with E-state index in [0.717, 1.165) is 12.6 Å². The Morgan fingerprint density at radius 1 is 1.50 bits per heavy atom. The standard InChI is InChI=1S/C11H13FN2O2/c12-10-5-4-9(6-11(10)14(15)16)13-7-8-2-1-3-8/h4-6,8,13H,1-3,7H2. The molecule has 16 heavy (non-hydrogen) atoms. The van der Waals surface area contributed by atoms with Gasteiger partial charge in [-0.05, 0) is 30.9 Å². The van der Waals surface area contributed by atoms with Crippen LogP contribution < -0.4 is 5.32 Å². The molecule has 1 aliphatic rings. The Morgan fingerprint density at radius 3 is 2.81 bits per heavy atom. The molecule has 0 saturated heterocycles. The van der Waals surface area contributed by atoms with Crippen LogP contribution in [0.25, 0.3) is 0 Å². The molecule has 0 unspecified atom stereocenters. The largest absolute Gasteiger partial charge is 0.385 e. The maximum atomic E-state index is 13.0. The van der Waals surface area contributed by atoms with Gasteiger partial charge in [0.2, 0.25) is 5.82 Å². The molecule has 0 spiro atoms. The number of nitrogens with zero attached hydrogens (tertiary/aromatic N) is 1. The summed E-state index contributed by atoms with van der Waals surface area (Å²) in [6, 6.07) is 3.90. The third kappa shape index (κ3) is 2.29. The number of nitrogens with one attached hydrogen (secondary N) is 1. The first-order chi connectivity index (χ1) is 7.66. The van der Waals surface area contributed by atoms with E-state index in [1.807, 2.05) is 0 Å². The number of rotatable bonds is 4. The molecule has 1 N–H and O–H groups in total. The second kappa shape index (κ2) is 4.47. The zero-order valence-corrected chi connectivity index (χ0v) is 8.78. The highest BCUT2D eigenvalue weighted by molar-refractivity contribution is 5.51. The molecule has 0 aromatic heterocycles. The van der Waals surface area contributed by atoms with E-state index in [2.05, 4.69) is 5.32 Å². The van der Waals surface area contributed by atoms with Crippen LogP contribution in [-0.2, 0) is 0 Å². The predicted octanol–water partition coefficient (Wildman–Crippen LogP) is 2.95. The lowest BCUT2D eigenvalue weighted by Crippen LogP contribution is -2.20. The van der Waals surface area contributed by atoms with Gasteiger partial charge in [-0.2, -0.15) is 4.39 Å². The van der Waals surface area contributed by atoms with Crippen molar-refractivity contribution in [3.05, 3.63) is 34.1 Å². The average molecular weight is 224 g/mol. The number of halogens is 1. The maximum Gasteiger partial charge on any atom is 0.306 e. The van der Waals surface area contributed by atoms with Crippen LogP contribution in [0, 0.1) is 21.8 Å². The monoisotopic (exact) mass is 224 g/mol. The summed E-state index contributed by atoms with van der Waals surface area (Å²) in [4.78, 5) is 9.81. The molecule has 1 aromatic rings. The van der Waals surface area contributed by atoms with Crippen LogP contribution in [0.15, 0.2) is 18.2 Å². The zero-order valence-electron chi connectivity index (χ0n) is 8.78. The maximum absolute atomic E-state index is 13.0. The van der Waals surface area contributed by atoms with E-state index < -0.39 is 16.4 Å². The highest BCUT2D eigenvalue weighted by Crippen LogP contribution is 2.27. The molecular weight excluding hydrogens is 211 g/mol. The molecule has 86 valence electrons. The Balaban J connectivity index is 2.03. The summed E-state index contributed by atoms with van der Waals surface area (Å²) in [6.45, 7) is 0.808. The van der Waals surface area contributed by atoms with Gasteiger partial charge in [-0.15, -0.1) is 0 Å². The van der Waals surface area contributed by atoms with Crippen molar-refractivity contribution in [1.29, 1.82) is 0 Å². The number of hydrogen-bond donors (Lipinski definition) is 1. The lowest BCUT2D eigenvalue weighted by Gasteiger charge is -2.25. The minimum Gasteiger partial charge on any atom is -0.385 e. The molecule has 1 aromatic carbocycles. The Labute approximate surface area is 92.6 Å². The summed E-state index contributed by atoms with van der Waals surface area (Å²) in [7, 11) is 0. The molecule has 1 saturated carbocycles. The first-order valence-electron chi connectivity index (χ1n) is 5.34. The van der Waals surface area contributed by atoms with Gasteiger partial charge in [0, 0.05) is 18.3 Å². The third-order valence-corrected chi connectivity index (χ3v) is 2.96. The summed E-state index contributed by atoms with van der Waals surface area (Å²) in [6.07, 6.45) is 3.67. The molecule has 5 heteroatoms. The molecule has 0 amide bonds. The molecule has 0 heterocycles. The normalized spacial score (nSPS) is 15.6. The first-order valence-corrected chi connectivity index (χ1v) is 5.34. The van der Waals surface area contributed by atoms with Gasteiger partial charge in [0.15, 0.2) is 0 Å². The van der Waals surface area contributed by atoms with Gasteiger partial charge in [-0.1, -0.05) is 6.42 Å². The van der Waals surface area contributed by atoms with E-state index in [9.17, 15) is 14.5 Å². The van der Waals surface area contributed by atoms with Crippen LogP contribution >= 0.6 is 0 Å². The van der Waals surface area contributed by atoms with Crippen LogP contribution in [-0.4, -0.2) is 11.5 Å². The number of hydrogen-bond acceptors (Lipinski definition) is 3. The van der Waals surface area contributed by atoms with E-state index in [1.165, 1.54) is 31.4 Å². The van der Waals surface area contributed by atoms with Crippen LogP contribution in [0.1, 0.15) is 19.3 Å². The first kappa shape index (κ1) is 10.9. The van der Waals surface area contributed by atoms with E-state index in [0.29, 0.717) is 11.6 Å². The molecule has 0 radical (unpaired) electrons. The van der Waals surface area contributed by atoms with Crippen molar-refractivity contribution in [2.45, 2.75) is 19.3 Å². The third-order valence-electron chi connectivity index (χ3n) is 2.96. The van der Waals surface area contributed by atoms with Crippen LogP contribution in [0.2, 0.25) is 0 Å². The Morgan fingerprint density at radius 2 is 2.25 bits per heavy atom. The number of nitro groups is 1. The predicted molar refractivity (Wildman–Crippen MR) is 58.9 cm³/mol. The van der Waals surface area contributed by atoms with E-state index in [1.54, 1.807) is 0 Å². The Bertz CT molecular complexity index is 405. The van der Waals surface area contributed by atoms with Gasteiger partial charge in [0.1, 0.15) is 0 Å². The topological polar surface area (TPSA) is 55.2 Å². The van der Waals surface area contributed by atoms with Gasteiger partial charge in [-0.25, -0.2) is 0 Å². The minimum absolute atomic E-state index is 0.474. The van der Waals surface area contributed by atoms with Crippen molar-refractivity contribution in [2.75, 3.05) is 11.9 Å². The second-order valence-electron chi connectivity index (χ2n) is 4.10. The fourth-order valence-electron chi connectivity index (χ4n) is 1.72. The van der Waals surface area contributed by atoms with Gasteiger partial charge >= 0.3 is 5.69 Å². The Kier molecular flexibility index (Phi) is 3.03. The highest BCUT2D eigenvalue weighted by Gasteiger charge is 2.18. The van der Waals surface area contributed by atoms with Gasteiger partial charge in [-0.3, -0.25) is 10.1 Å². The molecule has 4 nitrogen and oxygen atoms in total. The lowest BCUT2D eigenvalue weighted by atomic mass is 9.85. The van der Waals surface area contributed by atoms with Crippen LogP contribution in [0.3, 0.4) is 0 Å². The summed E-state index contributed by atoms with van der Waals surface area (Å²) < 4.78 is 13.0. The van der Waals surface area contributed by atoms with Crippen molar-refractivity contribution in [1.82, 2.24) is 0 Å². The van der Waals surface area contributed by atoms with Gasteiger partial charge < -0.3 is 5.32 Å². The molecule has 0 bridgehead atoms. The van der Waals surface area contributed by atoms with Crippen molar-refractivity contribution < 1.29 is 9.31 Å². The van der Waals surface area contributed by atoms with Crippen molar-refractivity contribution >= 4 is 11.4 Å². The summed E-state index contributed by atoms with van der Waals surface area (Å²) >= 11 is 0. The van der Waals surface area contributed by atoms with Crippen LogP contribution in [0.5, 0.6) is 0 Å². The molecular formula is C11H13FN2O2. The molecule has 0 aliphatic heterocycles.